The molecule has 0 N–H and O–H groups in total. The molecule has 1 aliphatic heterocycles. The highest BCUT2D eigenvalue weighted by Gasteiger charge is 2.46. The van der Waals surface area contributed by atoms with Crippen molar-refractivity contribution < 1.29 is 4.74 Å². The average molecular weight is 210 g/mol. The topological polar surface area (TPSA) is 12.5 Å². The molecule has 80 valence electrons. The van der Waals surface area contributed by atoms with Crippen molar-refractivity contribution in [3.8, 4) is 0 Å². The molecule has 0 aromatic heterocycles. The Kier molecular flexibility index (Phi) is 2.26. The molecule has 1 aliphatic rings. The van der Waals surface area contributed by atoms with Crippen molar-refractivity contribution in [2.75, 3.05) is 6.61 Å². The Bertz CT molecular complexity index is 457. The molecule has 0 aliphatic carbocycles. The SMILES string of the molecule is c1ccc(C[C@]2(c3ccccc3)CO2)cc1. The van der Waals surface area contributed by atoms with Gasteiger partial charge in [0.25, 0.3) is 0 Å². The Hall–Kier alpha value is -1.60. The summed E-state index contributed by atoms with van der Waals surface area (Å²) in [4.78, 5) is 0. The first-order chi connectivity index (χ1) is 7.89. The molecule has 3 rings (SSSR count). The molecule has 1 nitrogen and oxygen atoms in total. The van der Waals surface area contributed by atoms with E-state index in [-0.39, 0.29) is 5.60 Å². The zero-order chi connectivity index (χ0) is 10.8. The fourth-order valence-electron chi connectivity index (χ4n) is 2.13. The van der Waals surface area contributed by atoms with Crippen molar-refractivity contribution in [3.63, 3.8) is 0 Å². The number of ether oxygens (including phenoxy) is 1. The Morgan fingerprint density at radius 1 is 0.875 bits per heavy atom. The molecule has 1 heterocycles. The first kappa shape index (κ1) is 9.61. The summed E-state index contributed by atoms with van der Waals surface area (Å²) in [7, 11) is 0. The molecule has 0 radical (unpaired) electrons. The molecule has 0 amide bonds. The lowest BCUT2D eigenvalue weighted by atomic mass is 9.93. The van der Waals surface area contributed by atoms with Crippen molar-refractivity contribution >= 4 is 0 Å². The second-order valence-electron chi connectivity index (χ2n) is 4.31. The average Bonchev–Trinajstić information content (AvgIpc) is 3.13. The summed E-state index contributed by atoms with van der Waals surface area (Å²) in [5.41, 5.74) is 2.57. The van der Waals surface area contributed by atoms with Crippen molar-refractivity contribution in [3.05, 3.63) is 71.8 Å². The van der Waals surface area contributed by atoms with Crippen LogP contribution < -0.4 is 0 Å². The van der Waals surface area contributed by atoms with Gasteiger partial charge in [-0.3, -0.25) is 0 Å². The number of hydrogen-bond acceptors (Lipinski definition) is 1. The van der Waals surface area contributed by atoms with Gasteiger partial charge < -0.3 is 4.74 Å². The van der Waals surface area contributed by atoms with Crippen LogP contribution in [0.1, 0.15) is 11.1 Å². The fourth-order valence-corrected chi connectivity index (χ4v) is 2.13. The summed E-state index contributed by atoms with van der Waals surface area (Å²) >= 11 is 0. The van der Waals surface area contributed by atoms with E-state index in [9.17, 15) is 0 Å². The lowest BCUT2D eigenvalue weighted by Gasteiger charge is -2.12. The molecule has 2 aromatic carbocycles. The fraction of sp³-hybridized carbons (Fsp3) is 0.200. The van der Waals surface area contributed by atoms with Crippen molar-refractivity contribution in [1.29, 1.82) is 0 Å². The van der Waals surface area contributed by atoms with E-state index in [4.69, 9.17) is 4.74 Å². The van der Waals surface area contributed by atoms with E-state index in [1.165, 1.54) is 11.1 Å². The van der Waals surface area contributed by atoms with Gasteiger partial charge in [0.15, 0.2) is 0 Å². The summed E-state index contributed by atoms with van der Waals surface area (Å²) < 4.78 is 5.69. The van der Waals surface area contributed by atoms with Crippen LogP contribution in [-0.4, -0.2) is 6.61 Å². The molecule has 1 atom stereocenters. The number of rotatable bonds is 3. The van der Waals surface area contributed by atoms with Gasteiger partial charge in [-0.15, -0.1) is 0 Å². The first-order valence-electron chi connectivity index (χ1n) is 5.62. The third-order valence-electron chi connectivity index (χ3n) is 3.13. The molecular formula is C15H14O. The molecule has 0 saturated carbocycles. The zero-order valence-corrected chi connectivity index (χ0v) is 9.10. The Balaban J connectivity index is 1.86. The lowest BCUT2D eigenvalue weighted by Crippen LogP contribution is -2.12. The summed E-state index contributed by atoms with van der Waals surface area (Å²) in [6.45, 7) is 0.839. The minimum atomic E-state index is -0.0530. The van der Waals surface area contributed by atoms with Gasteiger partial charge in [-0.25, -0.2) is 0 Å². The summed E-state index contributed by atoms with van der Waals surface area (Å²) in [6.07, 6.45) is 0.970. The van der Waals surface area contributed by atoms with Crippen LogP contribution in [0.25, 0.3) is 0 Å². The molecule has 2 aromatic rings. The number of benzene rings is 2. The maximum Gasteiger partial charge on any atom is 0.121 e. The molecule has 16 heavy (non-hydrogen) atoms. The first-order valence-corrected chi connectivity index (χ1v) is 5.62. The lowest BCUT2D eigenvalue weighted by molar-refractivity contribution is 0.306. The van der Waals surface area contributed by atoms with Crippen molar-refractivity contribution in [1.82, 2.24) is 0 Å². The van der Waals surface area contributed by atoms with Crippen LogP contribution >= 0.6 is 0 Å². The maximum atomic E-state index is 5.69. The highest BCUT2D eigenvalue weighted by atomic mass is 16.6. The molecule has 0 spiro atoms. The van der Waals surface area contributed by atoms with Gasteiger partial charge in [-0.1, -0.05) is 60.7 Å². The van der Waals surface area contributed by atoms with E-state index in [0.29, 0.717) is 0 Å². The third kappa shape index (κ3) is 1.74. The van der Waals surface area contributed by atoms with Crippen LogP contribution in [0.15, 0.2) is 60.7 Å². The smallest absolute Gasteiger partial charge is 0.121 e. The van der Waals surface area contributed by atoms with E-state index < -0.39 is 0 Å². The van der Waals surface area contributed by atoms with Gasteiger partial charge in [0, 0.05) is 6.42 Å². The van der Waals surface area contributed by atoms with Crippen LogP contribution in [0.3, 0.4) is 0 Å². The predicted molar refractivity (Wildman–Crippen MR) is 64.2 cm³/mol. The van der Waals surface area contributed by atoms with Crippen LogP contribution in [0.4, 0.5) is 0 Å². The minimum Gasteiger partial charge on any atom is -0.364 e. The predicted octanol–water partition coefficient (Wildman–Crippen LogP) is 3.15. The van der Waals surface area contributed by atoms with Crippen LogP contribution in [-0.2, 0) is 16.8 Å². The summed E-state index contributed by atoms with van der Waals surface area (Å²) in [5.74, 6) is 0. The Labute approximate surface area is 95.7 Å². The van der Waals surface area contributed by atoms with E-state index in [2.05, 4.69) is 48.5 Å². The number of hydrogen-bond donors (Lipinski definition) is 0. The van der Waals surface area contributed by atoms with Crippen molar-refractivity contribution in [2.45, 2.75) is 12.0 Å². The summed E-state index contributed by atoms with van der Waals surface area (Å²) in [5, 5.41) is 0. The third-order valence-corrected chi connectivity index (χ3v) is 3.13. The minimum absolute atomic E-state index is 0.0530. The van der Waals surface area contributed by atoms with Crippen LogP contribution in [0.5, 0.6) is 0 Å². The Morgan fingerprint density at radius 3 is 2.00 bits per heavy atom. The highest BCUT2D eigenvalue weighted by Crippen LogP contribution is 2.41. The second kappa shape index (κ2) is 3.76. The standard InChI is InChI=1S/C15H14O/c1-3-7-13(8-4-1)11-15(12-16-15)14-9-5-2-6-10-14/h1-10H,11-12H2/t15-/m1/s1. The van der Waals surface area contributed by atoms with Gasteiger partial charge >= 0.3 is 0 Å². The van der Waals surface area contributed by atoms with E-state index in [0.717, 1.165) is 13.0 Å². The molecule has 0 bridgehead atoms. The second-order valence-corrected chi connectivity index (χ2v) is 4.31. The van der Waals surface area contributed by atoms with E-state index in [1.807, 2.05) is 12.1 Å². The van der Waals surface area contributed by atoms with Gasteiger partial charge in [0.1, 0.15) is 5.60 Å². The monoisotopic (exact) mass is 210 g/mol. The largest absolute Gasteiger partial charge is 0.364 e. The van der Waals surface area contributed by atoms with Gasteiger partial charge in [-0.05, 0) is 11.1 Å². The van der Waals surface area contributed by atoms with Crippen LogP contribution in [0.2, 0.25) is 0 Å². The Morgan fingerprint density at radius 2 is 1.44 bits per heavy atom. The normalized spacial score (nSPS) is 23.0. The quantitative estimate of drug-likeness (QED) is 0.709. The maximum absolute atomic E-state index is 5.69. The zero-order valence-electron chi connectivity index (χ0n) is 9.10. The number of epoxide rings is 1. The molecule has 1 saturated heterocycles. The van der Waals surface area contributed by atoms with Crippen LogP contribution in [0, 0.1) is 0 Å². The molecule has 0 unspecified atom stereocenters. The molecule has 1 heteroatoms. The molecular weight excluding hydrogens is 196 g/mol. The van der Waals surface area contributed by atoms with Gasteiger partial charge in [-0.2, -0.15) is 0 Å². The van der Waals surface area contributed by atoms with E-state index >= 15 is 0 Å². The summed E-state index contributed by atoms with van der Waals surface area (Å²) in [6, 6.07) is 21.0. The highest BCUT2D eigenvalue weighted by molar-refractivity contribution is 5.30. The van der Waals surface area contributed by atoms with Gasteiger partial charge in [0.05, 0.1) is 6.61 Å². The van der Waals surface area contributed by atoms with E-state index in [1.54, 1.807) is 0 Å². The van der Waals surface area contributed by atoms with Gasteiger partial charge in [0.2, 0.25) is 0 Å². The van der Waals surface area contributed by atoms with Crippen molar-refractivity contribution in [2.24, 2.45) is 0 Å². The molecule has 1 fully saturated rings.